The SMILES string of the molecule is C=CCn1c(NCC)nc2sc3c(c2c1=O)CCCC3. The summed E-state index contributed by atoms with van der Waals surface area (Å²) in [6.07, 6.45) is 6.25. The van der Waals surface area contributed by atoms with E-state index in [2.05, 4.69) is 16.9 Å². The van der Waals surface area contributed by atoms with Crippen LogP contribution in [-0.2, 0) is 19.4 Å². The van der Waals surface area contributed by atoms with Gasteiger partial charge in [0.05, 0.1) is 5.39 Å². The number of hydrogen-bond donors (Lipinski definition) is 1. The van der Waals surface area contributed by atoms with E-state index in [-0.39, 0.29) is 5.56 Å². The largest absolute Gasteiger partial charge is 0.356 e. The highest BCUT2D eigenvalue weighted by molar-refractivity contribution is 7.18. The van der Waals surface area contributed by atoms with Crippen LogP contribution in [0.4, 0.5) is 5.95 Å². The van der Waals surface area contributed by atoms with Gasteiger partial charge in [-0.05, 0) is 38.2 Å². The van der Waals surface area contributed by atoms with Crippen molar-refractivity contribution < 1.29 is 0 Å². The number of rotatable bonds is 4. The van der Waals surface area contributed by atoms with Gasteiger partial charge in [-0.25, -0.2) is 4.98 Å². The Bertz CT molecular complexity index is 714. The highest BCUT2D eigenvalue weighted by atomic mass is 32.1. The molecule has 106 valence electrons. The van der Waals surface area contributed by atoms with Gasteiger partial charge < -0.3 is 5.32 Å². The first-order valence-corrected chi connectivity index (χ1v) is 7.97. The first-order valence-electron chi connectivity index (χ1n) is 7.16. The Morgan fingerprint density at radius 1 is 1.45 bits per heavy atom. The fourth-order valence-corrected chi connectivity index (χ4v) is 4.08. The molecule has 0 unspecified atom stereocenters. The third kappa shape index (κ3) is 2.06. The van der Waals surface area contributed by atoms with Crippen LogP contribution in [0.3, 0.4) is 0 Å². The average Bonchev–Trinajstić information content (AvgIpc) is 2.81. The summed E-state index contributed by atoms with van der Waals surface area (Å²) in [5.41, 5.74) is 1.32. The number of aromatic nitrogens is 2. The van der Waals surface area contributed by atoms with Gasteiger partial charge in [0.2, 0.25) is 5.95 Å². The Hall–Kier alpha value is -1.62. The van der Waals surface area contributed by atoms with Crippen molar-refractivity contribution >= 4 is 27.5 Å². The van der Waals surface area contributed by atoms with E-state index in [4.69, 9.17) is 0 Å². The van der Waals surface area contributed by atoms with Crippen molar-refractivity contribution in [1.82, 2.24) is 9.55 Å². The number of thiophene rings is 1. The molecule has 2 aromatic heterocycles. The van der Waals surface area contributed by atoms with Crippen LogP contribution in [0.15, 0.2) is 17.4 Å². The van der Waals surface area contributed by atoms with Crippen LogP contribution in [0, 0.1) is 0 Å². The molecule has 1 aliphatic carbocycles. The van der Waals surface area contributed by atoms with Gasteiger partial charge in [-0.2, -0.15) is 0 Å². The molecule has 1 N–H and O–H groups in total. The van der Waals surface area contributed by atoms with E-state index >= 15 is 0 Å². The normalized spacial score (nSPS) is 14.2. The van der Waals surface area contributed by atoms with Crippen molar-refractivity contribution in [3.8, 4) is 0 Å². The maximum absolute atomic E-state index is 12.8. The molecule has 0 atom stereocenters. The Kier molecular flexibility index (Phi) is 3.61. The monoisotopic (exact) mass is 289 g/mol. The van der Waals surface area contributed by atoms with E-state index in [0.717, 1.165) is 29.6 Å². The highest BCUT2D eigenvalue weighted by Gasteiger charge is 2.21. The lowest BCUT2D eigenvalue weighted by atomic mass is 9.97. The summed E-state index contributed by atoms with van der Waals surface area (Å²) in [6.45, 7) is 6.99. The number of nitrogens with one attached hydrogen (secondary N) is 1. The molecule has 0 bridgehead atoms. The molecular formula is C15H19N3OS. The Morgan fingerprint density at radius 2 is 2.25 bits per heavy atom. The minimum Gasteiger partial charge on any atom is -0.356 e. The fourth-order valence-electron chi connectivity index (χ4n) is 2.83. The molecule has 0 fully saturated rings. The van der Waals surface area contributed by atoms with Gasteiger partial charge >= 0.3 is 0 Å². The van der Waals surface area contributed by atoms with Gasteiger partial charge in [-0.3, -0.25) is 9.36 Å². The van der Waals surface area contributed by atoms with Gasteiger partial charge in [-0.1, -0.05) is 6.08 Å². The van der Waals surface area contributed by atoms with Crippen LogP contribution in [-0.4, -0.2) is 16.1 Å². The summed E-state index contributed by atoms with van der Waals surface area (Å²) in [5, 5.41) is 4.03. The number of hydrogen-bond acceptors (Lipinski definition) is 4. The number of fused-ring (bicyclic) bond motifs is 3. The molecule has 5 heteroatoms. The minimum absolute atomic E-state index is 0.0743. The molecule has 0 saturated heterocycles. The standard InChI is InChI=1S/C15H19N3OS/c1-3-9-18-14(19)12-10-7-5-6-8-11(10)20-13(12)17-15(18)16-4-2/h3H,1,4-9H2,2H3,(H,16,17). The van der Waals surface area contributed by atoms with E-state index in [1.54, 1.807) is 22.0 Å². The van der Waals surface area contributed by atoms with Gasteiger partial charge in [0, 0.05) is 18.0 Å². The third-order valence-corrected chi connectivity index (χ3v) is 4.91. The second kappa shape index (κ2) is 5.40. The fraction of sp³-hybridized carbons (Fsp3) is 0.467. The molecule has 0 saturated carbocycles. The van der Waals surface area contributed by atoms with Gasteiger partial charge in [0.15, 0.2) is 0 Å². The predicted molar refractivity (Wildman–Crippen MR) is 84.9 cm³/mol. The lowest BCUT2D eigenvalue weighted by Crippen LogP contribution is -2.25. The molecule has 0 aliphatic heterocycles. The van der Waals surface area contributed by atoms with Crippen LogP contribution in [0.2, 0.25) is 0 Å². The molecule has 0 amide bonds. The van der Waals surface area contributed by atoms with Crippen molar-refractivity contribution in [3.05, 3.63) is 33.4 Å². The van der Waals surface area contributed by atoms with Crippen LogP contribution in [0.25, 0.3) is 10.2 Å². The number of anilines is 1. The second-order valence-electron chi connectivity index (χ2n) is 5.06. The summed E-state index contributed by atoms with van der Waals surface area (Å²) in [5.74, 6) is 0.656. The maximum atomic E-state index is 12.8. The zero-order valence-corrected chi connectivity index (χ0v) is 12.6. The molecule has 2 aromatic rings. The van der Waals surface area contributed by atoms with Crippen molar-refractivity contribution in [2.45, 2.75) is 39.2 Å². The minimum atomic E-state index is 0.0743. The van der Waals surface area contributed by atoms with Crippen LogP contribution < -0.4 is 10.9 Å². The van der Waals surface area contributed by atoms with Crippen molar-refractivity contribution in [1.29, 1.82) is 0 Å². The molecule has 1 aliphatic rings. The Morgan fingerprint density at radius 3 is 3.00 bits per heavy atom. The molecule has 2 heterocycles. The van der Waals surface area contributed by atoms with Gasteiger partial charge in [0.1, 0.15) is 4.83 Å². The third-order valence-electron chi connectivity index (χ3n) is 3.72. The molecule has 0 spiro atoms. The summed E-state index contributed by atoms with van der Waals surface area (Å²) in [7, 11) is 0. The number of aryl methyl sites for hydroxylation is 2. The molecule has 3 rings (SSSR count). The molecule has 0 radical (unpaired) electrons. The topological polar surface area (TPSA) is 46.9 Å². The van der Waals surface area contributed by atoms with E-state index in [0.29, 0.717) is 12.5 Å². The second-order valence-corrected chi connectivity index (χ2v) is 6.14. The lowest BCUT2D eigenvalue weighted by molar-refractivity contribution is 0.698. The molecule has 20 heavy (non-hydrogen) atoms. The van der Waals surface area contributed by atoms with Gasteiger partial charge in [0.25, 0.3) is 5.56 Å². The van der Waals surface area contributed by atoms with E-state index < -0.39 is 0 Å². The average molecular weight is 289 g/mol. The maximum Gasteiger partial charge on any atom is 0.264 e. The van der Waals surface area contributed by atoms with Crippen molar-refractivity contribution in [3.63, 3.8) is 0 Å². The summed E-state index contributed by atoms with van der Waals surface area (Å²) >= 11 is 1.69. The first-order chi connectivity index (χ1) is 9.76. The van der Waals surface area contributed by atoms with Crippen LogP contribution >= 0.6 is 11.3 Å². The van der Waals surface area contributed by atoms with Crippen molar-refractivity contribution in [2.75, 3.05) is 11.9 Å². The summed E-state index contributed by atoms with van der Waals surface area (Å²) in [6, 6.07) is 0. The summed E-state index contributed by atoms with van der Waals surface area (Å²) < 4.78 is 1.69. The highest BCUT2D eigenvalue weighted by Crippen LogP contribution is 2.34. The van der Waals surface area contributed by atoms with E-state index in [9.17, 15) is 4.79 Å². The Labute approximate surface area is 122 Å². The quantitative estimate of drug-likeness (QED) is 0.880. The van der Waals surface area contributed by atoms with E-state index in [1.165, 1.54) is 23.3 Å². The zero-order chi connectivity index (χ0) is 14.1. The number of allylic oxidation sites excluding steroid dienone is 1. The Balaban J connectivity index is 2.29. The molecular weight excluding hydrogens is 270 g/mol. The number of nitrogens with zero attached hydrogens (tertiary/aromatic N) is 2. The predicted octanol–water partition coefficient (Wildman–Crippen LogP) is 2.95. The first kappa shape index (κ1) is 13.4. The smallest absolute Gasteiger partial charge is 0.264 e. The lowest BCUT2D eigenvalue weighted by Gasteiger charge is -2.12. The zero-order valence-electron chi connectivity index (χ0n) is 11.7. The molecule has 4 nitrogen and oxygen atoms in total. The van der Waals surface area contributed by atoms with E-state index in [1.807, 2.05) is 6.92 Å². The molecule has 0 aromatic carbocycles. The van der Waals surface area contributed by atoms with Crippen molar-refractivity contribution in [2.24, 2.45) is 0 Å². The van der Waals surface area contributed by atoms with Crippen LogP contribution in [0.1, 0.15) is 30.2 Å². The van der Waals surface area contributed by atoms with Gasteiger partial charge in [-0.15, -0.1) is 17.9 Å². The summed E-state index contributed by atoms with van der Waals surface area (Å²) in [4.78, 5) is 19.7. The van der Waals surface area contributed by atoms with Crippen LogP contribution in [0.5, 0.6) is 0 Å².